The van der Waals surface area contributed by atoms with Gasteiger partial charge in [0.15, 0.2) is 6.61 Å². The standard InChI is InChI=1S/C18H17F3N2O2/c1-13-4-2-5-14(10-13)7-8-16(24)23-11-15-6-3-9-22-17(15)25-12-18(19,20)21/h2-10H,11-12H2,1H3,(H,23,24)/b8-7+. The molecule has 0 radical (unpaired) electrons. The Kier molecular flexibility index (Phi) is 6.16. The van der Waals surface area contributed by atoms with Gasteiger partial charge in [-0.15, -0.1) is 0 Å². The van der Waals surface area contributed by atoms with Crippen LogP contribution < -0.4 is 10.1 Å². The van der Waals surface area contributed by atoms with Crippen LogP contribution in [0.2, 0.25) is 0 Å². The predicted molar refractivity (Wildman–Crippen MR) is 87.8 cm³/mol. The smallest absolute Gasteiger partial charge is 0.422 e. The molecule has 2 rings (SSSR count). The van der Waals surface area contributed by atoms with E-state index in [-0.39, 0.29) is 18.3 Å². The van der Waals surface area contributed by atoms with Gasteiger partial charge in [0.05, 0.1) is 0 Å². The van der Waals surface area contributed by atoms with E-state index in [1.807, 2.05) is 31.2 Å². The largest absolute Gasteiger partial charge is 0.468 e. The van der Waals surface area contributed by atoms with Gasteiger partial charge in [-0.05, 0) is 24.6 Å². The lowest BCUT2D eigenvalue weighted by Crippen LogP contribution is -2.23. The topological polar surface area (TPSA) is 51.2 Å². The van der Waals surface area contributed by atoms with E-state index in [1.165, 1.54) is 12.3 Å². The predicted octanol–water partition coefficient (Wildman–Crippen LogP) is 3.66. The van der Waals surface area contributed by atoms with Gasteiger partial charge in [-0.3, -0.25) is 4.79 Å². The van der Waals surface area contributed by atoms with Crippen LogP contribution in [0, 0.1) is 6.92 Å². The molecule has 1 heterocycles. The SMILES string of the molecule is Cc1cccc(/C=C/C(=O)NCc2cccnc2OCC(F)(F)F)c1. The van der Waals surface area contributed by atoms with Crippen LogP contribution in [-0.4, -0.2) is 23.7 Å². The Balaban J connectivity index is 1.93. The van der Waals surface area contributed by atoms with E-state index < -0.39 is 12.8 Å². The molecular formula is C18H17F3N2O2. The third-order valence-electron chi connectivity index (χ3n) is 3.14. The van der Waals surface area contributed by atoms with E-state index in [0.717, 1.165) is 11.1 Å². The quantitative estimate of drug-likeness (QED) is 0.809. The van der Waals surface area contributed by atoms with Crippen molar-refractivity contribution in [1.29, 1.82) is 0 Å². The van der Waals surface area contributed by atoms with Gasteiger partial charge in [-0.1, -0.05) is 35.9 Å². The van der Waals surface area contributed by atoms with Crippen molar-refractivity contribution in [3.8, 4) is 5.88 Å². The first kappa shape index (κ1) is 18.5. The van der Waals surface area contributed by atoms with Crippen LogP contribution in [0.4, 0.5) is 13.2 Å². The van der Waals surface area contributed by atoms with Crippen LogP contribution in [0.15, 0.2) is 48.7 Å². The van der Waals surface area contributed by atoms with E-state index >= 15 is 0 Å². The van der Waals surface area contributed by atoms with E-state index in [1.54, 1.807) is 18.2 Å². The van der Waals surface area contributed by atoms with Crippen molar-refractivity contribution in [1.82, 2.24) is 10.3 Å². The highest BCUT2D eigenvalue weighted by atomic mass is 19.4. The Morgan fingerprint density at radius 1 is 1.28 bits per heavy atom. The second kappa shape index (κ2) is 8.32. The van der Waals surface area contributed by atoms with E-state index in [2.05, 4.69) is 15.0 Å². The van der Waals surface area contributed by atoms with Gasteiger partial charge in [0.25, 0.3) is 0 Å². The molecule has 1 N–H and O–H groups in total. The lowest BCUT2D eigenvalue weighted by atomic mass is 10.1. The molecule has 0 aliphatic carbocycles. The number of hydrogen-bond acceptors (Lipinski definition) is 3. The number of carbonyl (C=O) groups excluding carboxylic acids is 1. The van der Waals surface area contributed by atoms with Crippen molar-refractivity contribution < 1.29 is 22.7 Å². The third-order valence-corrected chi connectivity index (χ3v) is 3.14. The maximum absolute atomic E-state index is 12.2. The van der Waals surface area contributed by atoms with Crippen molar-refractivity contribution in [3.63, 3.8) is 0 Å². The number of aryl methyl sites for hydroxylation is 1. The first-order valence-corrected chi connectivity index (χ1v) is 7.49. The Labute approximate surface area is 143 Å². The molecule has 0 fully saturated rings. The number of amides is 1. The molecule has 0 unspecified atom stereocenters. The van der Waals surface area contributed by atoms with Crippen LogP contribution in [0.3, 0.4) is 0 Å². The van der Waals surface area contributed by atoms with Gasteiger partial charge >= 0.3 is 6.18 Å². The Hall–Kier alpha value is -2.83. The summed E-state index contributed by atoms with van der Waals surface area (Å²) < 4.78 is 41.4. The minimum Gasteiger partial charge on any atom is -0.468 e. The number of carbonyl (C=O) groups is 1. The molecule has 0 saturated heterocycles. The van der Waals surface area contributed by atoms with Crippen LogP contribution >= 0.6 is 0 Å². The lowest BCUT2D eigenvalue weighted by molar-refractivity contribution is -0.154. The second-order valence-electron chi connectivity index (χ2n) is 5.34. The number of rotatable bonds is 6. The molecule has 1 aromatic carbocycles. The van der Waals surface area contributed by atoms with Crippen molar-refractivity contribution in [2.24, 2.45) is 0 Å². The molecule has 0 aliphatic heterocycles. The van der Waals surface area contributed by atoms with Gasteiger partial charge in [0.2, 0.25) is 11.8 Å². The minimum atomic E-state index is -4.45. The third kappa shape index (κ3) is 6.66. The highest BCUT2D eigenvalue weighted by Crippen LogP contribution is 2.19. The Morgan fingerprint density at radius 2 is 2.08 bits per heavy atom. The zero-order valence-corrected chi connectivity index (χ0v) is 13.5. The number of benzene rings is 1. The van der Waals surface area contributed by atoms with Crippen LogP contribution in [0.25, 0.3) is 6.08 Å². The zero-order chi connectivity index (χ0) is 18.3. The summed E-state index contributed by atoms with van der Waals surface area (Å²) >= 11 is 0. The molecule has 4 nitrogen and oxygen atoms in total. The Bertz CT molecular complexity index is 758. The summed E-state index contributed by atoms with van der Waals surface area (Å²) in [6.07, 6.45) is -0.0999. The lowest BCUT2D eigenvalue weighted by Gasteiger charge is -2.12. The van der Waals surface area contributed by atoms with Gasteiger partial charge in [-0.2, -0.15) is 13.2 Å². The summed E-state index contributed by atoms with van der Waals surface area (Å²) in [5, 5.41) is 2.59. The van der Waals surface area contributed by atoms with Gasteiger partial charge in [0, 0.05) is 24.4 Å². The van der Waals surface area contributed by atoms with Crippen LogP contribution in [0.1, 0.15) is 16.7 Å². The maximum Gasteiger partial charge on any atom is 0.422 e. The van der Waals surface area contributed by atoms with E-state index in [4.69, 9.17) is 0 Å². The fourth-order valence-corrected chi connectivity index (χ4v) is 2.03. The van der Waals surface area contributed by atoms with E-state index in [0.29, 0.717) is 5.56 Å². The number of aromatic nitrogens is 1. The number of alkyl halides is 3. The van der Waals surface area contributed by atoms with Gasteiger partial charge < -0.3 is 10.1 Å². The fourth-order valence-electron chi connectivity index (χ4n) is 2.03. The highest BCUT2D eigenvalue weighted by Gasteiger charge is 2.29. The monoisotopic (exact) mass is 350 g/mol. The number of nitrogens with one attached hydrogen (secondary N) is 1. The summed E-state index contributed by atoms with van der Waals surface area (Å²) in [6, 6.07) is 10.7. The van der Waals surface area contributed by atoms with E-state index in [9.17, 15) is 18.0 Å². The van der Waals surface area contributed by atoms with Gasteiger partial charge in [0.1, 0.15) is 0 Å². The second-order valence-corrected chi connectivity index (χ2v) is 5.34. The van der Waals surface area contributed by atoms with Crippen molar-refractivity contribution >= 4 is 12.0 Å². The molecule has 25 heavy (non-hydrogen) atoms. The first-order chi connectivity index (χ1) is 11.8. The van der Waals surface area contributed by atoms with Crippen molar-refractivity contribution in [2.75, 3.05) is 6.61 Å². The summed E-state index contributed by atoms with van der Waals surface area (Å²) in [6.45, 7) is 0.526. The summed E-state index contributed by atoms with van der Waals surface area (Å²) in [4.78, 5) is 15.6. The average Bonchev–Trinajstić information content (AvgIpc) is 2.56. The van der Waals surface area contributed by atoms with Crippen LogP contribution in [-0.2, 0) is 11.3 Å². The summed E-state index contributed by atoms with van der Waals surface area (Å²) in [5.41, 5.74) is 2.32. The number of halogens is 3. The number of nitrogens with zero attached hydrogens (tertiary/aromatic N) is 1. The molecule has 132 valence electrons. The number of ether oxygens (including phenoxy) is 1. The minimum absolute atomic E-state index is 0.0119. The fraction of sp³-hybridized carbons (Fsp3) is 0.222. The summed E-state index contributed by atoms with van der Waals surface area (Å²) in [5.74, 6) is -0.519. The number of hydrogen-bond donors (Lipinski definition) is 1. The molecule has 1 aromatic heterocycles. The molecular weight excluding hydrogens is 333 g/mol. The zero-order valence-electron chi connectivity index (χ0n) is 13.5. The molecule has 0 spiro atoms. The first-order valence-electron chi connectivity index (χ1n) is 7.49. The highest BCUT2D eigenvalue weighted by molar-refractivity contribution is 5.91. The molecule has 0 saturated carbocycles. The van der Waals surface area contributed by atoms with Crippen molar-refractivity contribution in [2.45, 2.75) is 19.6 Å². The summed E-state index contributed by atoms with van der Waals surface area (Å²) in [7, 11) is 0. The van der Waals surface area contributed by atoms with Gasteiger partial charge in [-0.25, -0.2) is 4.98 Å². The maximum atomic E-state index is 12.2. The van der Waals surface area contributed by atoms with Crippen LogP contribution in [0.5, 0.6) is 5.88 Å². The Morgan fingerprint density at radius 3 is 2.80 bits per heavy atom. The van der Waals surface area contributed by atoms with Crippen molar-refractivity contribution in [3.05, 3.63) is 65.4 Å². The number of pyridine rings is 1. The molecule has 7 heteroatoms. The normalized spacial score (nSPS) is 11.5. The molecule has 0 aliphatic rings. The molecule has 0 atom stereocenters. The molecule has 1 amide bonds. The molecule has 0 bridgehead atoms. The molecule has 2 aromatic rings. The average molecular weight is 350 g/mol.